The molecule has 7 heteroatoms. The predicted octanol–water partition coefficient (Wildman–Crippen LogP) is 2.97. The van der Waals surface area contributed by atoms with Gasteiger partial charge in [0.1, 0.15) is 6.10 Å². The van der Waals surface area contributed by atoms with Crippen LogP contribution in [0.25, 0.3) is 0 Å². The fourth-order valence-corrected chi connectivity index (χ4v) is 4.26. The Morgan fingerprint density at radius 3 is 2.25 bits per heavy atom. The number of hydrogen-bond acceptors (Lipinski definition) is 5. The van der Waals surface area contributed by atoms with Crippen LogP contribution in [0.1, 0.15) is 37.3 Å². The quantitative estimate of drug-likeness (QED) is 0.388. The van der Waals surface area contributed by atoms with Gasteiger partial charge in [-0.1, -0.05) is 72.8 Å². The van der Waals surface area contributed by atoms with Crippen LogP contribution in [0, 0.1) is 11.8 Å². The third-order valence-corrected chi connectivity index (χ3v) is 6.26. The molecule has 4 atom stereocenters. The van der Waals surface area contributed by atoms with Crippen LogP contribution in [0.2, 0.25) is 0 Å². The van der Waals surface area contributed by atoms with Gasteiger partial charge in [-0.25, -0.2) is 0 Å². The molecular weight excluding hydrogens is 456 g/mol. The zero-order chi connectivity index (χ0) is 25.8. The molecule has 2 aromatic rings. The highest BCUT2D eigenvalue weighted by molar-refractivity contribution is 5.86. The van der Waals surface area contributed by atoms with Crippen molar-refractivity contribution in [3.05, 3.63) is 83.9 Å². The summed E-state index contributed by atoms with van der Waals surface area (Å²) in [4.78, 5) is 38.3. The van der Waals surface area contributed by atoms with E-state index in [2.05, 4.69) is 10.6 Å². The summed E-state index contributed by atoms with van der Waals surface area (Å²) in [5, 5.41) is 15.4. The molecule has 0 saturated carbocycles. The highest BCUT2D eigenvalue weighted by atomic mass is 16.5. The number of hydrogen-bond donors (Lipinski definition) is 3. The molecule has 0 radical (unpaired) electrons. The summed E-state index contributed by atoms with van der Waals surface area (Å²) in [6.07, 6.45) is 5.22. The van der Waals surface area contributed by atoms with E-state index in [1.807, 2.05) is 72.8 Å². The first kappa shape index (κ1) is 27.1. The monoisotopic (exact) mass is 492 g/mol. The maximum atomic E-state index is 12.8. The van der Waals surface area contributed by atoms with Crippen LogP contribution >= 0.6 is 0 Å². The number of amides is 2. The van der Waals surface area contributed by atoms with E-state index in [1.54, 1.807) is 6.92 Å². The van der Waals surface area contributed by atoms with E-state index >= 15 is 0 Å². The number of carbonyl (C=O) groups is 3. The molecule has 192 valence electrons. The van der Waals surface area contributed by atoms with E-state index in [1.165, 1.54) is 0 Å². The molecule has 0 bridgehead atoms. The van der Waals surface area contributed by atoms with E-state index in [9.17, 15) is 19.5 Å². The second-order valence-electron chi connectivity index (χ2n) is 9.36. The standard InChI is InChI=1S/C29H36N2O5/c1-21-19-30-28(34)24(18-27(33)31-26(20-32)17-23-12-6-3-7-13-23)14-8-9-15-25(29(35)36-21)16-22-10-4-2-5-11-22/h2-13,21,24-26,32H,14-20H2,1H3,(H,30,34)(H,31,33)/t21-,24+,25+,26-/m0/s1. The second kappa shape index (κ2) is 14.2. The number of nitrogens with one attached hydrogen (secondary N) is 2. The maximum Gasteiger partial charge on any atom is 0.309 e. The van der Waals surface area contributed by atoms with Crippen LogP contribution < -0.4 is 10.6 Å². The molecule has 1 heterocycles. The second-order valence-corrected chi connectivity index (χ2v) is 9.36. The summed E-state index contributed by atoms with van der Waals surface area (Å²) in [5.74, 6) is -1.72. The van der Waals surface area contributed by atoms with Crippen molar-refractivity contribution in [2.24, 2.45) is 11.8 Å². The zero-order valence-electron chi connectivity index (χ0n) is 20.8. The number of aliphatic hydroxyl groups is 1. The molecule has 0 aromatic heterocycles. The van der Waals surface area contributed by atoms with Crippen molar-refractivity contribution in [3.8, 4) is 0 Å². The normalized spacial score (nSPS) is 21.9. The lowest BCUT2D eigenvalue weighted by Crippen LogP contribution is -2.43. The SMILES string of the molecule is C[C@H]1CNC(=O)[C@@H](CC(=O)N[C@H](CO)Cc2ccccc2)CC=CC[C@H](Cc2ccccc2)C(=O)O1. The van der Waals surface area contributed by atoms with Gasteiger partial charge in [-0.15, -0.1) is 0 Å². The highest BCUT2D eigenvalue weighted by Crippen LogP contribution is 2.18. The molecule has 0 spiro atoms. The van der Waals surface area contributed by atoms with Gasteiger partial charge < -0.3 is 20.5 Å². The molecule has 0 aliphatic carbocycles. The fourth-order valence-electron chi connectivity index (χ4n) is 4.26. The van der Waals surface area contributed by atoms with Crippen molar-refractivity contribution in [2.75, 3.05) is 13.2 Å². The number of esters is 1. The molecule has 36 heavy (non-hydrogen) atoms. The Morgan fingerprint density at radius 2 is 1.61 bits per heavy atom. The minimum atomic E-state index is -0.563. The largest absolute Gasteiger partial charge is 0.461 e. The summed E-state index contributed by atoms with van der Waals surface area (Å²) in [6.45, 7) is 1.73. The van der Waals surface area contributed by atoms with Crippen LogP contribution in [0.4, 0.5) is 0 Å². The molecule has 1 aliphatic rings. The molecule has 2 aromatic carbocycles. The number of allylic oxidation sites excluding steroid dienone is 2. The lowest BCUT2D eigenvalue weighted by molar-refractivity contribution is -0.153. The third kappa shape index (κ3) is 8.96. The first-order valence-electron chi connectivity index (χ1n) is 12.6. The molecular formula is C29H36N2O5. The Labute approximate surface area is 212 Å². The average molecular weight is 493 g/mol. The molecule has 1 aliphatic heterocycles. The van der Waals surface area contributed by atoms with Gasteiger partial charge in [0.15, 0.2) is 0 Å². The Kier molecular flexibility index (Phi) is 10.7. The molecule has 7 nitrogen and oxygen atoms in total. The van der Waals surface area contributed by atoms with Crippen LogP contribution in [-0.4, -0.2) is 48.2 Å². The lowest BCUT2D eigenvalue weighted by Gasteiger charge is -2.22. The molecule has 0 fully saturated rings. The number of carbonyl (C=O) groups excluding carboxylic acids is 3. The van der Waals surface area contributed by atoms with Gasteiger partial charge in [-0.05, 0) is 43.7 Å². The third-order valence-electron chi connectivity index (χ3n) is 6.26. The van der Waals surface area contributed by atoms with Gasteiger partial charge in [-0.2, -0.15) is 0 Å². The molecule has 3 rings (SSSR count). The Morgan fingerprint density at radius 1 is 1.00 bits per heavy atom. The maximum absolute atomic E-state index is 12.8. The minimum absolute atomic E-state index is 0.00305. The first-order chi connectivity index (χ1) is 17.4. The van der Waals surface area contributed by atoms with Gasteiger partial charge in [-0.3, -0.25) is 14.4 Å². The van der Waals surface area contributed by atoms with Gasteiger partial charge in [0, 0.05) is 6.42 Å². The van der Waals surface area contributed by atoms with Crippen molar-refractivity contribution in [2.45, 2.75) is 51.2 Å². The van der Waals surface area contributed by atoms with Crippen molar-refractivity contribution in [1.29, 1.82) is 0 Å². The summed E-state index contributed by atoms with van der Waals surface area (Å²) in [5.41, 5.74) is 2.07. The van der Waals surface area contributed by atoms with E-state index in [0.29, 0.717) is 25.7 Å². The average Bonchev–Trinajstić information content (AvgIpc) is 2.88. The Bertz CT molecular complexity index is 1010. The number of cyclic esters (lactones) is 1. The first-order valence-corrected chi connectivity index (χ1v) is 12.6. The summed E-state index contributed by atoms with van der Waals surface area (Å²) < 4.78 is 5.60. The summed E-state index contributed by atoms with van der Waals surface area (Å²) in [6, 6.07) is 19.0. The zero-order valence-corrected chi connectivity index (χ0v) is 20.8. The van der Waals surface area contributed by atoms with E-state index in [4.69, 9.17) is 4.74 Å². The molecule has 3 N–H and O–H groups in total. The number of aliphatic hydroxyl groups excluding tert-OH is 1. The molecule has 0 unspecified atom stereocenters. The Balaban J connectivity index is 1.63. The minimum Gasteiger partial charge on any atom is -0.461 e. The highest BCUT2D eigenvalue weighted by Gasteiger charge is 2.26. The predicted molar refractivity (Wildman–Crippen MR) is 138 cm³/mol. The van der Waals surface area contributed by atoms with Crippen molar-refractivity contribution >= 4 is 17.8 Å². The Hall–Kier alpha value is -3.45. The number of rotatable bonds is 8. The molecule has 0 saturated heterocycles. The van der Waals surface area contributed by atoms with Crippen LogP contribution in [0.3, 0.4) is 0 Å². The van der Waals surface area contributed by atoms with Crippen molar-refractivity contribution in [3.63, 3.8) is 0 Å². The van der Waals surface area contributed by atoms with Gasteiger partial charge >= 0.3 is 5.97 Å². The summed E-state index contributed by atoms with van der Waals surface area (Å²) in [7, 11) is 0. The van der Waals surface area contributed by atoms with Crippen LogP contribution in [0.5, 0.6) is 0 Å². The van der Waals surface area contributed by atoms with Crippen LogP contribution in [-0.2, 0) is 32.0 Å². The topological polar surface area (TPSA) is 105 Å². The van der Waals surface area contributed by atoms with Crippen molar-refractivity contribution in [1.82, 2.24) is 10.6 Å². The van der Waals surface area contributed by atoms with Gasteiger partial charge in [0.2, 0.25) is 11.8 Å². The van der Waals surface area contributed by atoms with Gasteiger partial charge in [0.05, 0.1) is 31.0 Å². The van der Waals surface area contributed by atoms with Crippen molar-refractivity contribution < 1.29 is 24.2 Å². The lowest BCUT2D eigenvalue weighted by atomic mass is 9.94. The smallest absolute Gasteiger partial charge is 0.309 e. The van der Waals surface area contributed by atoms with Gasteiger partial charge in [0.25, 0.3) is 0 Å². The molecule has 2 amide bonds. The van der Waals surface area contributed by atoms with E-state index < -0.39 is 18.1 Å². The number of ether oxygens (including phenoxy) is 1. The summed E-state index contributed by atoms with van der Waals surface area (Å²) >= 11 is 0. The number of benzene rings is 2. The fraction of sp³-hybridized carbons (Fsp3) is 0.414. The van der Waals surface area contributed by atoms with E-state index in [0.717, 1.165) is 11.1 Å². The van der Waals surface area contributed by atoms with E-state index in [-0.39, 0.29) is 43.3 Å². The van der Waals surface area contributed by atoms with Crippen LogP contribution in [0.15, 0.2) is 72.8 Å².